The van der Waals surface area contributed by atoms with E-state index in [1.54, 1.807) is 6.07 Å². The second-order valence-electron chi connectivity index (χ2n) is 7.38. The SMILES string of the molecule is CC[C@@]1(c2cccc(OC(=O)Nc3ccc(F)cc3)c2)CCCCN(C)C1. The minimum atomic E-state index is -0.581. The molecular formula is C22H27FN2O2. The van der Waals surface area contributed by atoms with Gasteiger partial charge in [-0.15, -0.1) is 0 Å². The molecule has 2 aromatic carbocycles. The van der Waals surface area contributed by atoms with Crippen LogP contribution in [0, 0.1) is 5.82 Å². The van der Waals surface area contributed by atoms with Crippen LogP contribution in [0.25, 0.3) is 0 Å². The summed E-state index contributed by atoms with van der Waals surface area (Å²) >= 11 is 0. The van der Waals surface area contributed by atoms with Gasteiger partial charge in [-0.05, 0) is 74.8 Å². The standard InChI is InChI=1S/C22H27FN2O2/c1-3-22(13-4-5-14-25(2)16-22)17-7-6-8-20(15-17)27-21(26)24-19-11-9-18(23)10-12-19/h6-12,15H,3-5,13-14,16H2,1-2H3,(H,24,26)/t22-/m1/s1. The van der Waals surface area contributed by atoms with E-state index >= 15 is 0 Å². The topological polar surface area (TPSA) is 41.6 Å². The zero-order valence-corrected chi connectivity index (χ0v) is 16.0. The molecule has 0 aromatic heterocycles. The molecule has 1 aliphatic heterocycles. The van der Waals surface area contributed by atoms with Crippen LogP contribution in [0.3, 0.4) is 0 Å². The van der Waals surface area contributed by atoms with Gasteiger partial charge in [0.2, 0.25) is 0 Å². The number of amides is 1. The molecule has 27 heavy (non-hydrogen) atoms. The van der Waals surface area contributed by atoms with Crippen molar-refractivity contribution in [2.75, 3.05) is 25.5 Å². The lowest BCUT2D eigenvalue weighted by molar-refractivity contribution is 0.214. The van der Waals surface area contributed by atoms with E-state index < -0.39 is 6.09 Å². The summed E-state index contributed by atoms with van der Waals surface area (Å²) in [6.07, 6.45) is 4.02. The number of carbonyl (C=O) groups is 1. The molecule has 0 bridgehead atoms. The summed E-state index contributed by atoms with van der Waals surface area (Å²) in [6, 6.07) is 13.4. The summed E-state index contributed by atoms with van der Waals surface area (Å²) in [5, 5.41) is 2.62. The van der Waals surface area contributed by atoms with Crippen molar-refractivity contribution < 1.29 is 13.9 Å². The second kappa shape index (κ2) is 8.53. The highest BCUT2D eigenvalue weighted by Crippen LogP contribution is 2.37. The number of nitrogens with one attached hydrogen (secondary N) is 1. The number of benzene rings is 2. The van der Waals surface area contributed by atoms with Gasteiger partial charge in [0.1, 0.15) is 11.6 Å². The van der Waals surface area contributed by atoms with Crippen LogP contribution in [-0.2, 0) is 5.41 Å². The summed E-state index contributed by atoms with van der Waals surface area (Å²) in [7, 11) is 2.17. The Morgan fingerprint density at radius 1 is 1.22 bits per heavy atom. The van der Waals surface area contributed by atoms with Crippen LogP contribution >= 0.6 is 0 Å². The first-order valence-corrected chi connectivity index (χ1v) is 9.54. The molecule has 0 aliphatic carbocycles. The number of hydrogen-bond acceptors (Lipinski definition) is 3. The van der Waals surface area contributed by atoms with Crippen LogP contribution in [0.4, 0.5) is 14.9 Å². The Labute approximate surface area is 160 Å². The normalized spacial score (nSPS) is 20.7. The van der Waals surface area contributed by atoms with Gasteiger partial charge in [0.15, 0.2) is 0 Å². The monoisotopic (exact) mass is 370 g/mol. The predicted molar refractivity (Wildman–Crippen MR) is 106 cm³/mol. The van der Waals surface area contributed by atoms with Gasteiger partial charge in [0.05, 0.1) is 0 Å². The summed E-state index contributed by atoms with van der Waals surface area (Å²) in [6.45, 7) is 4.36. The van der Waals surface area contributed by atoms with Gasteiger partial charge in [-0.3, -0.25) is 5.32 Å². The van der Waals surface area contributed by atoms with E-state index in [1.807, 2.05) is 12.1 Å². The minimum Gasteiger partial charge on any atom is -0.410 e. The Morgan fingerprint density at radius 2 is 2.00 bits per heavy atom. The third kappa shape index (κ3) is 4.86. The average Bonchev–Trinajstić information content (AvgIpc) is 2.86. The Balaban J connectivity index is 1.74. The van der Waals surface area contributed by atoms with Crippen LogP contribution in [0.15, 0.2) is 48.5 Å². The van der Waals surface area contributed by atoms with Gasteiger partial charge < -0.3 is 9.64 Å². The zero-order valence-electron chi connectivity index (χ0n) is 16.0. The Morgan fingerprint density at radius 3 is 2.74 bits per heavy atom. The van der Waals surface area contributed by atoms with Crippen LogP contribution in [0.5, 0.6) is 5.75 Å². The Kier molecular flexibility index (Phi) is 6.11. The molecule has 3 rings (SSSR count). The molecule has 4 nitrogen and oxygen atoms in total. The third-order valence-corrected chi connectivity index (χ3v) is 5.44. The highest BCUT2D eigenvalue weighted by atomic mass is 19.1. The van der Waals surface area contributed by atoms with Gasteiger partial charge in [-0.25, -0.2) is 9.18 Å². The number of hydrogen-bond donors (Lipinski definition) is 1. The van der Waals surface area contributed by atoms with Gasteiger partial charge >= 0.3 is 6.09 Å². The van der Waals surface area contributed by atoms with E-state index in [1.165, 1.54) is 42.7 Å². The van der Waals surface area contributed by atoms with E-state index in [2.05, 4.69) is 30.3 Å². The highest BCUT2D eigenvalue weighted by molar-refractivity contribution is 5.86. The fraction of sp³-hybridized carbons (Fsp3) is 0.409. The molecule has 0 unspecified atom stereocenters. The second-order valence-corrected chi connectivity index (χ2v) is 7.38. The molecule has 1 fully saturated rings. The molecule has 0 saturated carbocycles. The molecule has 5 heteroatoms. The van der Waals surface area contributed by atoms with Crippen LogP contribution in [0.2, 0.25) is 0 Å². The lowest BCUT2D eigenvalue weighted by Gasteiger charge is -2.35. The number of halogens is 1. The van der Waals surface area contributed by atoms with Crippen molar-refractivity contribution in [3.63, 3.8) is 0 Å². The number of ether oxygens (including phenoxy) is 1. The number of likely N-dealkylation sites (tertiary alicyclic amines) is 1. The maximum atomic E-state index is 13.0. The van der Waals surface area contributed by atoms with E-state index in [4.69, 9.17) is 4.74 Å². The van der Waals surface area contributed by atoms with Gasteiger partial charge in [-0.1, -0.05) is 25.5 Å². The summed E-state index contributed by atoms with van der Waals surface area (Å²) < 4.78 is 18.4. The van der Waals surface area contributed by atoms with Crippen molar-refractivity contribution in [3.05, 3.63) is 59.9 Å². The molecule has 0 radical (unpaired) electrons. The Bertz CT molecular complexity index is 778. The molecule has 1 aliphatic rings. The first kappa shape index (κ1) is 19.4. The first-order valence-electron chi connectivity index (χ1n) is 9.54. The van der Waals surface area contributed by atoms with Crippen molar-refractivity contribution in [2.24, 2.45) is 0 Å². The molecule has 1 heterocycles. The fourth-order valence-corrected chi connectivity index (χ4v) is 3.92. The van der Waals surface area contributed by atoms with Gasteiger partial charge in [-0.2, -0.15) is 0 Å². The molecule has 2 aromatic rings. The van der Waals surface area contributed by atoms with E-state index in [-0.39, 0.29) is 11.2 Å². The van der Waals surface area contributed by atoms with Crippen molar-refractivity contribution in [3.8, 4) is 5.75 Å². The van der Waals surface area contributed by atoms with E-state index in [9.17, 15) is 9.18 Å². The maximum Gasteiger partial charge on any atom is 0.417 e. The number of likely N-dealkylation sites (N-methyl/N-ethyl adjacent to an activating group) is 1. The maximum absolute atomic E-state index is 13.0. The molecule has 0 spiro atoms. The lowest BCUT2D eigenvalue weighted by atomic mass is 9.74. The van der Waals surface area contributed by atoms with Crippen molar-refractivity contribution >= 4 is 11.8 Å². The van der Waals surface area contributed by atoms with Gasteiger partial charge in [0.25, 0.3) is 0 Å². The molecule has 144 valence electrons. The summed E-state index contributed by atoms with van der Waals surface area (Å²) in [5.41, 5.74) is 1.79. The van der Waals surface area contributed by atoms with Crippen molar-refractivity contribution in [1.29, 1.82) is 0 Å². The number of anilines is 1. The molecule has 1 N–H and O–H groups in total. The highest BCUT2D eigenvalue weighted by Gasteiger charge is 2.33. The molecule has 1 saturated heterocycles. The van der Waals surface area contributed by atoms with Crippen LogP contribution in [0.1, 0.15) is 38.2 Å². The number of carbonyl (C=O) groups excluding carboxylic acids is 1. The molecule has 1 atom stereocenters. The van der Waals surface area contributed by atoms with Crippen molar-refractivity contribution in [1.82, 2.24) is 4.90 Å². The number of nitrogens with zero attached hydrogens (tertiary/aromatic N) is 1. The fourth-order valence-electron chi connectivity index (χ4n) is 3.92. The van der Waals surface area contributed by atoms with E-state index in [0.717, 1.165) is 25.9 Å². The Hall–Kier alpha value is -2.40. The average molecular weight is 370 g/mol. The number of rotatable bonds is 4. The first-order chi connectivity index (χ1) is 13.0. The van der Waals surface area contributed by atoms with Crippen molar-refractivity contribution in [2.45, 2.75) is 38.0 Å². The van der Waals surface area contributed by atoms with Crippen LogP contribution in [-0.4, -0.2) is 31.1 Å². The molecule has 1 amide bonds. The van der Waals surface area contributed by atoms with E-state index in [0.29, 0.717) is 11.4 Å². The minimum absolute atomic E-state index is 0.0814. The predicted octanol–water partition coefficient (Wildman–Crippen LogP) is 5.20. The quantitative estimate of drug-likeness (QED) is 0.804. The summed E-state index contributed by atoms with van der Waals surface area (Å²) in [4.78, 5) is 14.6. The third-order valence-electron chi connectivity index (χ3n) is 5.44. The lowest BCUT2D eigenvalue weighted by Crippen LogP contribution is -2.37. The molecular weight excluding hydrogens is 343 g/mol. The summed E-state index contributed by atoms with van der Waals surface area (Å²) in [5.74, 6) is 0.173. The van der Waals surface area contributed by atoms with Gasteiger partial charge in [0, 0.05) is 17.6 Å². The zero-order chi connectivity index (χ0) is 19.3. The van der Waals surface area contributed by atoms with Crippen LogP contribution < -0.4 is 10.1 Å². The smallest absolute Gasteiger partial charge is 0.410 e. The largest absolute Gasteiger partial charge is 0.417 e.